The van der Waals surface area contributed by atoms with Crippen molar-refractivity contribution >= 4 is 11.8 Å². The van der Waals surface area contributed by atoms with Crippen LogP contribution in [-0.4, -0.2) is 60.3 Å². The van der Waals surface area contributed by atoms with Crippen LogP contribution in [0, 0.1) is 0 Å². The molecule has 1 saturated heterocycles. The Morgan fingerprint density at radius 1 is 0.660 bits per heavy atom. The second kappa shape index (κ2) is 21.8. The summed E-state index contributed by atoms with van der Waals surface area (Å²) in [5, 5.41) is 3.16. The molecule has 0 aliphatic carbocycles. The number of likely N-dealkylation sites (tertiary alicyclic amines) is 1. The summed E-state index contributed by atoms with van der Waals surface area (Å²) in [4.78, 5) is 30.8. The number of unbranched alkanes of at least 4 members (excludes halogenated alkanes) is 2. The van der Waals surface area contributed by atoms with Gasteiger partial charge in [0.2, 0.25) is 11.8 Å². The fourth-order valence-electron chi connectivity index (χ4n) is 6.70. The molecule has 280 valence electrons. The average molecular weight is 719 g/mol. The van der Waals surface area contributed by atoms with E-state index in [-0.39, 0.29) is 44.7 Å². The molecule has 1 fully saturated rings. The number of carbonyl (C=O) groups excluding carboxylic acids is 2. The predicted octanol–water partition coefficient (Wildman–Crippen LogP) is 7.81. The first-order valence-corrected chi connectivity index (χ1v) is 18.9. The number of allylic oxidation sites excluding steroid dienone is 1. The molecule has 0 radical (unpaired) electrons. The first-order valence-electron chi connectivity index (χ1n) is 18.9. The van der Waals surface area contributed by atoms with Crippen molar-refractivity contribution in [3.8, 4) is 0 Å². The first kappa shape index (κ1) is 39.6. The van der Waals surface area contributed by atoms with Gasteiger partial charge in [-0.1, -0.05) is 147 Å². The van der Waals surface area contributed by atoms with Gasteiger partial charge in [-0.05, 0) is 35.1 Å². The Morgan fingerprint density at radius 2 is 1.13 bits per heavy atom. The summed E-state index contributed by atoms with van der Waals surface area (Å²) in [5.74, 6) is -0.482. The molecule has 0 saturated carbocycles. The monoisotopic (exact) mass is 718 g/mol. The van der Waals surface area contributed by atoms with Gasteiger partial charge in [-0.2, -0.15) is 0 Å². The molecule has 1 aliphatic heterocycles. The van der Waals surface area contributed by atoms with Gasteiger partial charge in [0.15, 0.2) is 0 Å². The van der Waals surface area contributed by atoms with Crippen LogP contribution in [-0.2, 0) is 55.0 Å². The van der Waals surface area contributed by atoms with Crippen LogP contribution in [0.5, 0.6) is 0 Å². The predicted molar refractivity (Wildman–Crippen MR) is 208 cm³/mol. The third-order valence-electron chi connectivity index (χ3n) is 9.45. The number of benzene rings is 4. The van der Waals surface area contributed by atoms with E-state index in [1.54, 1.807) is 11.0 Å². The van der Waals surface area contributed by atoms with Crippen LogP contribution in [0.3, 0.4) is 0 Å². The lowest BCUT2D eigenvalue weighted by molar-refractivity contribution is -0.227. The lowest BCUT2D eigenvalue weighted by atomic mass is 9.86. The summed E-state index contributed by atoms with van der Waals surface area (Å²) in [6, 6.07) is 37.9. The number of ether oxygens (including phenoxy) is 4. The van der Waals surface area contributed by atoms with Crippen molar-refractivity contribution in [2.45, 2.75) is 95.9 Å². The Morgan fingerprint density at radius 3 is 1.62 bits per heavy atom. The summed E-state index contributed by atoms with van der Waals surface area (Å²) in [5.41, 5.74) is 3.88. The molecule has 5 rings (SSSR count). The molecule has 4 aromatic carbocycles. The summed E-state index contributed by atoms with van der Waals surface area (Å²) in [7, 11) is 0. The van der Waals surface area contributed by atoms with Crippen molar-refractivity contribution in [3.05, 3.63) is 156 Å². The van der Waals surface area contributed by atoms with E-state index in [1.807, 2.05) is 121 Å². The fourth-order valence-corrected chi connectivity index (χ4v) is 6.70. The Labute approximate surface area is 315 Å². The summed E-state index contributed by atoms with van der Waals surface area (Å²) in [6.07, 6.45) is 2.84. The van der Waals surface area contributed by atoms with Gasteiger partial charge in [-0.15, -0.1) is 6.58 Å². The van der Waals surface area contributed by atoms with E-state index in [4.69, 9.17) is 18.9 Å². The lowest BCUT2D eigenvalue weighted by Crippen LogP contribution is -2.73. The van der Waals surface area contributed by atoms with E-state index < -0.39 is 30.4 Å². The highest BCUT2D eigenvalue weighted by atomic mass is 16.6. The average Bonchev–Trinajstić information content (AvgIpc) is 3.20. The first-order chi connectivity index (χ1) is 26.1. The molecular formula is C45H54N2O6. The minimum absolute atomic E-state index is 0.115. The number of piperidine rings is 1. The largest absolute Gasteiger partial charge is 0.375 e. The van der Waals surface area contributed by atoms with Crippen molar-refractivity contribution < 1.29 is 28.5 Å². The molecule has 4 aromatic rings. The molecule has 0 spiro atoms. The van der Waals surface area contributed by atoms with E-state index in [0.717, 1.165) is 41.5 Å². The summed E-state index contributed by atoms with van der Waals surface area (Å²) in [6.45, 7) is 7.66. The number of hydrogen-bond acceptors (Lipinski definition) is 6. The van der Waals surface area contributed by atoms with Crippen LogP contribution in [0.2, 0.25) is 0 Å². The summed E-state index contributed by atoms with van der Waals surface area (Å²) >= 11 is 0. The van der Waals surface area contributed by atoms with Crippen LogP contribution in [0.1, 0.15) is 61.3 Å². The maximum absolute atomic E-state index is 14.6. The minimum atomic E-state index is -1.01. The third kappa shape index (κ3) is 12.0. The Kier molecular flexibility index (Phi) is 16.3. The maximum atomic E-state index is 14.6. The second-order valence-corrected chi connectivity index (χ2v) is 13.4. The van der Waals surface area contributed by atoms with Gasteiger partial charge in [0.25, 0.3) is 0 Å². The van der Waals surface area contributed by atoms with Gasteiger partial charge in [0.1, 0.15) is 24.4 Å². The van der Waals surface area contributed by atoms with Gasteiger partial charge >= 0.3 is 0 Å². The molecular weight excluding hydrogens is 665 g/mol. The minimum Gasteiger partial charge on any atom is -0.375 e. The van der Waals surface area contributed by atoms with Gasteiger partial charge < -0.3 is 29.2 Å². The van der Waals surface area contributed by atoms with Gasteiger partial charge in [-0.25, -0.2) is 0 Å². The van der Waals surface area contributed by atoms with E-state index in [1.165, 1.54) is 0 Å². The highest BCUT2D eigenvalue weighted by Gasteiger charge is 2.55. The highest BCUT2D eigenvalue weighted by Crippen LogP contribution is 2.34. The highest BCUT2D eigenvalue weighted by molar-refractivity contribution is 5.89. The normalized spacial score (nSPS) is 19.8. The maximum Gasteiger partial charge on any atom is 0.245 e. The molecule has 5 atom stereocenters. The smallest absolute Gasteiger partial charge is 0.245 e. The van der Waals surface area contributed by atoms with Crippen molar-refractivity contribution in [2.75, 3.05) is 13.2 Å². The zero-order valence-corrected chi connectivity index (χ0v) is 30.9. The quantitative estimate of drug-likeness (QED) is 0.0699. The number of rotatable bonds is 21. The van der Waals surface area contributed by atoms with E-state index >= 15 is 0 Å². The summed E-state index contributed by atoms with van der Waals surface area (Å²) < 4.78 is 26.9. The number of amides is 2. The van der Waals surface area contributed by atoms with Crippen molar-refractivity contribution in [1.82, 2.24) is 10.2 Å². The zero-order chi connectivity index (χ0) is 37.1. The van der Waals surface area contributed by atoms with Crippen LogP contribution in [0.25, 0.3) is 0 Å². The second-order valence-electron chi connectivity index (χ2n) is 13.4. The molecule has 8 heteroatoms. The molecule has 0 unspecified atom stereocenters. The van der Waals surface area contributed by atoms with E-state index in [2.05, 4.69) is 18.8 Å². The third-order valence-corrected chi connectivity index (χ3v) is 9.45. The molecule has 1 aliphatic rings. The van der Waals surface area contributed by atoms with Crippen molar-refractivity contribution in [3.63, 3.8) is 0 Å². The zero-order valence-electron chi connectivity index (χ0n) is 30.9. The van der Waals surface area contributed by atoms with E-state index in [9.17, 15) is 9.59 Å². The molecule has 8 nitrogen and oxygen atoms in total. The van der Waals surface area contributed by atoms with E-state index in [0.29, 0.717) is 19.6 Å². The van der Waals surface area contributed by atoms with Crippen LogP contribution in [0.15, 0.2) is 134 Å². The molecule has 1 N–H and O–H groups in total. The van der Waals surface area contributed by atoms with Crippen LogP contribution >= 0.6 is 0 Å². The fraction of sp³-hybridized carbons (Fsp3) is 0.378. The molecule has 0 bridgehead atoms. The molecule has 2 amide bonds. The number of nitrogens with zero attached hydrogens (tertiary/aromatic N) is 1. The van der Waals surface area contributed by atoms with Crippen LogP contribution in [0.4, 0.5) is 0 Å². The van der Waals surface area contributed by atoms with Crippen molar-refractivity contribution in [2.24, 2.45) is 0 Å². The van der Waals surface area contributed by atoms with Crippen molar-refractivity contribution in [1.29, 1.82) is 0 Å². The molecule has 53 heavy (non-hydrogen) atoms. The number of hydrogen-bond donors (Lipinski definition) is 1. The Balaban J connectivity index is 1.59. The molecule has 1 heterocycles. The van der Waals surface area contributed by atoms with Gasteiger partial charge in [-0.3, -0.25) is 9.59 Å². The lowest BCUT2D eigenvalue weighted by Gasteiger charge is -2.52. The SMILES string of the molecule is C=CCCC(=O)N1[C@@H](COCc2ccccc2)[C@@H](OCc2ccccc2)[C@H](OCc2ccccc2)[C@@H](OCc2ccccc2)[C@@H]1C(=O)NCCCCC. The molecule has 0 aromatic heterocycles. The number of nitrogens with one attached hydrogen (secondary N) is 1. The standard InChI is InChI=1S/C45H54N2O6/c1-3-5-19-29-46-45(49)41-43(52-32-37-24-15-9-16-25-37)44(53-33-38-26-17-10-18-27-38)42(51-31-36-22-13-8-14-23-36)39(47(41)40(48)28-6-4-2)34-50-30-35-20-11-7-12-21-35/h4,7-18,20-27,39,41-44H,2-3,5-6,19,28-34H2,1H3,(H,46,49)/t39-,41+,42+,43-,44-/m0/s1. The topological polar surface area (TPSA) is 86.3 Å². The van der Waals surface area contributed by atoms with Gasteiger partial charge in [0, 0.05) is 13.0 Å². The Hall–Kier alpha value is -4.60. The van der Waals surface area contributed by atoms with Crippen LogP contribution < -0.4 is 5.32 Å². The number of carbonyl (C=O) groups is 2. The van der Waals surface area contributed by atoms with Gasteiger partial charge in [0.05, 0.1) is 39.1 Å². The Bertz CT molecular complexity index is 1640.